The lowest BCUT2D eigenvalue weighted by Gasteiger charge is -2.28. The van der Waals surface area contributed by atoms with E-state index >= 15 is 0 Å². The van der Waals surface area contributed by atoms with Gasteiger partial charge >= 0.3 is 0 Å². The molecule has 24 heavy (non-hydrogen) atoms. The van der Waals surface area contributed by atoms with Gasteiger partial charge in [-0.25, -0.2) is 0 Å². The number of hydrogen-bond acceptors (Lipinski definition) is 4. The zero-order chi connectivity index (χ0) is 18.3. The monoisotopic (exact) mass is 363 g/mol. The molecule has 0 unspecified atom stereocenters. The molecule has 0 aromatic heterocycles. The fourth-order valence-electron chi connectivity index (χ4n) is 2.51. The molecule has 0 spiro atoms. The second-order valence-corrected chi connectivity index (χ2v) is 10.0. The first kappa shape index (κ1) is 19.1. The quantitative estimate of drug-likeness (QED) is 0.686. The minimum absolute atomic E-state index is 0.188. The molecule has 2 rings (SSSR count). The maximum Gasteiger partial charge on any atom is 0.285 e. The van der Waals surface area contributed by atoms with Gasteiger partial charge in [0.25, 0.3) is 5.91 Å². The van der Waals surface area contributed by atoms with Crippen LogP contribution in [0.5, 0.6) is 5.75 Å². The molecule has 5 heteroatoms. The van der Waals surface area contributed by atoms with Crippen LogP contribution < -0.4 is 0 Å². The summed E-state index contributed by atoms with van der Waals surface area (Å²) in [5, 5.41) is 10.8. The van der Waals surface area contributed by atoms with Crippen molar-refractivity contribution in [2.45, 2.75) is 52.4 Å². The van der Waals surface area contributed by atoms with E-state index in [4.69, 9.17) is 0 Å². The van der Waals surface area contributed by atoms with Crippen molar-refractivity contribution in [1.29, 1.82) is 0 Å². The zero-order valence-electron chi connectivity index (χ0n) is 15.4. The van der Waals surface area contributed by atoms with E-state index in [1.807, 2.05) is 24.5 Å². The third kappa shape index (κ3) is 4.06. The average Bonchev–Trinajstić information content (AvgIpc) is 2.78. The van der Waals surface area contributed by atoms with Crippen molar-refractivity contribution in [3.8, 4) is 5.75 Å². The first-order chi connectivity index (χ1) is 10.9. The number of benzene rings is 1. The summed E-state index contributed by atoms with van der Waals surface area (Å²) in [6.45, 7) is 12.5. The minimum atomic E-state index is -0.188. The SMILES string of the molecule is CSC1=NC(=O)/C(=C\c2cc(C(C)(C)C)c(O)c(C(C)(C)C)c2)S1. The Morgan fingerprint density at radius 1 is 1.08 bits per heavy atom. The number of aliphatic imine (C=N–C) groups is 1. The molecule has 1 heterocycles. The van der Waals surface area contributed by atoms with E-state index in [2.05, 4.69) is 46.5 Å². The summed E-state index contributed by atoms with van der Waals surface area (Å²) < 4.78 is 0.775. The Hall–Kier alpha value is -1.20. The summed E-state index contributed by atoms with van der Waals surface area (Å²) in [5.74, 6) is 0.163. The van der Waals surface area contributed by atoms with Crippen molar-refractivity contribution in [2.75, 3.05) is 6.26 Å². The van der Waals surface area contributed by atoms with Gasteiger partial charge in [0.2, 0.25) is 0 Å². The summed E-state index contributed by atoms with van der Waals surface area (Å²) in [5.41, 5.74) is 2.33. The normalized spacial score (nSPS) is 17.5. The van der Waals surface area contributed by atoms with E-state index in [1.54, 1.807) is 0 Å². The predicted molar refractivity (Wildman–Crippen MR) is 107 cm³/mol. The van der Waals surface area contributed by atoms with Crippen LogP contribution >= 0.6 is 23.5 Å². The number of thioether (sulfide) groups is 2. The highest BCUT2D eigenvalue weighted by molar-refractivity contribution is 8.40. The lowest BCUT2D eigenvalue weighted by atomic mass is 9.78. The lowest BCUT2D eigenvalue weighted by molar-refractivity contribution is -0.113. The Kier molecular flexibility index (Phi) is 5.26. The highest BCUT2D eigenvalue weighted by atomic mass is 32.2. The number of carbonyl (C=O) groups excluding carboxylic acids is 1. The van der Waals surface area contributed by atoms with Crippen LogP contribution in [-0.2, 0) is 15.6 Å². The Labute approximate surface area is 153 Å². The van der Waals surface area contributed by atoms with E-state index in [1.165, 1.54) is 23.5 Å². The van der Waals surface area contributed by atoms with Crippen LogP contribution in [0.2, 0.25) is 0 Å². The van der Waals surface area contributed by atoms with E-state index in [9.17, 15) is 9.90 Å². The number of amides is 1. The van der Waals surface area contributed by atoms with E-state index in [-0.39, 0.29) is 16.7 Å². The topological polar surface area (TPSA) is 49.7 Å². The van der Waals surface area contributed by atoms with Gasteiger partial charge < -0.3 is 5.11 Å². The number of carbonyl (C=O) groups is 1. The largest absolute Gasteiger partial charge is 0.507 e. The Balaban J connectivity index is 2.58. The predicted octanol–water partition coefficient (Wildman–Crippen LogP) is 5.32. The van der Waals surface area contributed by atoms with Gasteiger partial charge in [-0.2, -0.15) is 4.99 Å². The number of phenolic OH excluding ortho intramolecular Hbond substituents is 1. The second kappa shape index (κ2) is 6.60. The minimum Gasteiger partial charge on any atom is -0.507 e. The lowest BCUT2D eigenvalue weighted by Crippen LogP contribution is -2.17. The number of phenols is 1. The van der Waals surface area contributed by atoms with Crippen LogP contribution in [0.1, 0.15) is 58.2 Å². The fourth-order valence-corrected chi connectivity index (χ4v) is 3.93. The Morgan fingerprint density at radius 2 is 1.58 bits per heavy atom. The van der Waals surface area contributed by atoms with E-state index in [0.717, 1.165) is 21.1 Å². The van der Waals surface area contributed by atoms with Crippen LogP contribution in [0.25, 0.3) is 6.08 Å². The Bertz CT molecular complexity index is 700. The van der Waals surface area contributed by atoms with Crippen molar-refractivity contribution in [2.24, 2.45) is 4.99 Å². The van der Waals surface area contributed by atoms with Gasteiger partial charge in [-0.15, -0.1) is 11.8 Å². The molecule has 0 atom stereocenters. The Morgan fingerprint density at radius 3 is 1.96 bits per heavy atom. The van der Waals surface area contributed by atoms with Crippen LogP contribution in [0.3, 0.4) is 0 Å². The number of rotatable bonds is 1. The molecule has 0 saturated carbocycles. The molecule has 3 nitrogen and oxygen atoms in total. The van der Waals surface area contributed by atoms with Crippen molar-refractivity contribution in [1.82, 2.24) is 0 Å². The molecule has 1 aliphatic heterocycles. The number of hydrogen-bond donors (Lipinski definition) is 1. The first-order valence-corrected chi connectivity index (χ1v) is 9.92. The van der Waals surface area contributed by atoms with Crippen LogP contribution in [-0.4, -0.2) is 21.6 Å². The fraction of sp³-hybridized carbons (Fsp3) is 0.474. The summed E-state index contributed by atoms with van der Waals surface area (Å²) in [6, 6.07) is 3.95. The molecule has 1 aromatic rings. The van der Waals surface area contributed by atoms with Gasteiger partial charge in [-0.05, 0) is 40.9 Å². The summed E-state index contributed by atoms with van der Waals surface area (Å²) in [6.07, 6.45) is 3.79. The van der Waals surface area contributed by atoms with Crippen LogP contribution in [0.15, 0.2) is 22.0 Å². The van der Waals surface area contributed by atoms with Crippen LogP contribution in [0.4, 0.5) is 0 Å². The molecule has 1 aliphatic rings. The smallest absolute Gasteiger partial charge is 0.285 e. The summed E-state index contributed by atoms with van der Waals surface area (Å²) in [7, 11) is 0. The molecule has 0 fully saturated rings. The third-order valence-corrected chi connectivity index (χ3v) is 5.79. The molecule has 0 saturated heterocycles. The number of aromatic hydroxyl groups is 1. The molecule has 130 valence electrons. The molecule has 1 aromatic carbocycles. The number of nitrogens with zero attached hydrogens (tertiary/aromatic N) is 1. The molecular formula is C19H25NO2S2. The third-order valence-electron chi connectivity index (χ3n) is 3.82. The maximum atomic E-state index is 12.0. The van der Waals surface area contributed by atoms with Crippen molar-refractivity contribution >= 4 is 39.9 Å². The molecule has 1 amide bonds. The van der Waals surface area contributed by atoms with Crippen LogP contribution in [0, 0.1) is 0 Å². The summed E-state index contributed by atoms with van der Waals surface area (Å²) in [4.78, 5) is 16.7. The highest BCUT2D eigenvalue weighted by Gasteiger charge is 2.27. The van der Waals surface area contributed by atoms with Gasteiger partial charge in [0.05, 0.1) is 4.91 Å². The first-order valence-electron chi connectivity index (χ1n) is 7.88. The molecule has 0 bridgehead atoms. The average molecular weight is 364 g/mol. The van der Waals surface area contributed by atoms with Gasteiger partial charge in [0.1, 0.15) is 10.1 Å². The maximum absolute atomic E-state index is 12.0. The highest BCUT2D eigenvalue weighted by Crippen LogP contribution is 2.41. The van der Waals surface area contributed by atoms with Gasteiger partial charge in [-0.1, -0.05) is 53.3 Å². The van der Waals surface area contributed by atoms with Gasteiger partial charge in [0.15, 0.2) is 0 Å². The molecule has 0 aliphatic carbocycles. The van der Waals surface area contributed by atoms with Crippen molar-refractivity contribution < 1.29 is 9.90 Å². The van der Waals surface area contributed by atoms with Crippen molar-refractivity contribution in [3.63, 3.8) is 0 Å². The van der Waals surface area contributed by atoms with Gasteiger partial charge in [0, 0.05) is 11.1 Å². The summed E-state index contributed by atoms with van der Waals surface area (Å²) >= 11 is 2.89. The van der Waals surface area contributed by atoms with E-state index in [0.29, 0.717) is 10.7 Å². The molecular weight excluding hydrogens is 338 g/mol. The standard InChI is InChI=1S/C19H25NO2S2/c1-18(2,3)12-8-11(9-13(15(12)21)19(4,5)6)10-14-16(22)20-17(23-7)24-14/h8-10,21H,1-7H3/b14-10+. The van der Waals surface area contributed by atoms with Crippen molar-refractivity contribution in [3.05, 3.63) is 33.7 Å². The zero-order valence-corrected chi connectivity index (χ0v) is 17.0. The second-order valence-electron chi connectivity index (χ2n) is 7.96. The van der Waals surface area contributed by atoms with Gasteiger partial charge in [-0.3, -0.25) is 4.79 Å². The molecule has 1 N–H and O–H groups in total. The molecule has 0 radical (unpaired) electrons. The van der Waals surface area contributed by atoms with E-state index < -0.39 is 0 Å².